The van der Waals surface area contributed by atoms with Gasteiger partial charge in [0.2, 0.25) is 0 Å². The van der Waals surface area contributed by atoms with Gasteiger partial charge in [0.15, 0.2) is 0 Å². The second-order valence-corrected chi connectivity index (χ2v) is 4.88. The van der Waals surface area contributed by atoms with Crippen LogP contribution in [0.3, 0.4) is 0 Å². The van der Waals surface area contributed by atoms with E-state index >= 15 is 0 Å². The van der Waals surface area contributed by atoms with Crippen molar-refractivity contribution in [3.05, 3.63) is 63.4 Å². The summed E-state index contributed by atoms with van der Waals surface area (Å²) >= 11 is 12.0. The highest BCUT2D eigenvalue weighted by Crippen LogP contribution is 2.23. The summed E-state index contributed by atoms with van der Waals surface area (Å²) in [5, 5.41) is 4.30. The Morgan fingerprint density at radius 3 is 2.56 bits per heavy atom. The molecule has 0 aromatic heterocycles. The zero-order chi connectivity index (χ0) is 13.1. The topological polar surface area (TPSA) is 12.0 Å². The van der Waals surface area contributed by atoms with Gasteiger partial charge in [-0.15, -0.1) is 0 Å². The molecule has 0 aliphatic heterocycles. The molecule has 0 radical (unpaired) electrons. The van der Waals surface area contributed by atoms with Crippen molar-refractivity contribution < 1.29 is 4.39 Å². The van der Waals surface area contributed by atoms with E-state index in [4.69, 9.17) is 23.2 Å². The maximum Gasteiger partial charge on any atom is 0.125 e. The number of benzene rings is 2. The first kappa shape index (κ1) is 13.2. The second kappa shape index (κ2) is 5.59. The minimum Gasteiger partial charge on any atom is -0.380 e. The predicted molar refractivity (Wildman–Crippen MR) is 74.9 cm³/mol. The Morgan fingerprint density at radius 1 is 1.06 bits per heavy atom. The molecule has 0 saturated carbocycles. The number of aryl methyl sites for hydroxylation is 1. The van der Waals surface area contributed by atoms with Crippen molar-refractivity contribution in [3.8, 4) is 0 Å². The Bertz CT molecular complexity index is 570. The molecule has 0 heterocycles. The van der Waals surface area contributed by atoms with Crippen LogP contribution in [0.1, 0.15) is 11.1 Å². The lowest BCUT2D eigenvalue weighted by molar-refractivity contribution is 0.628. The van der Waals surface area contributed by atoms with Crippen LogP contribution >= 0.6 is 23.2 Å². The van der Waals surface area contributed by atoms with Crippen LogP contribution in [0.15, 0.2) is 36.4 Å². The van der Waals surface area contributed by atoms with E-state index in [-0.39, 0.29) is 5.82 Å². The summed E-state index contributed by atoms with van der Waals surface area (Å²) in [5.74, 6) is -0.316. The van der Waals surface area contributed by atoms with E-state index in [1.54, 1.807) is 0 Å². The average molecular weight is 284 g/mol. The van der Waals surface area contributed by atoms with Crippen molar-refractivity contribution in [2.24, 2.45) is 0 Å². The molecular formula is C14H12Cl2FN. The molecule has 4 heteroatoms. The summed E-state index contributed by atoms with van der Waals surface area (Å²) in [6, 6.07) is 10.0. The predicted octanol–water partition coefficient (Wildman–Crippen LogP) is 5.05. The Labute approximate surface area is 116 Å². The highest BCUT2D eigenvalue weighted by molar-refractivity contribution is 6.33. The first-order valence-corrected chi connectivity index (χ1v) is 6.26. The maximum atomic E-state index is 13.1. The van der Waals surface area contributed by atoms with Gasteiger partial charge in [0.05, 0.1) is 10.7 Å². The standard InChI is InChI=1S/C14H12Cl2FN/c1-9-2-3-10(6-13(9)16)8-18-14-7-11(17)4-5-12(14)15/h2-7,18H,8H2,1H3. The van der Waals surface area contributed by atoms with Crippen molar-refractivity contribution in [2.75, 3.05) is 5.32 Å². The number of nitrogens with one attached hydrogen (secondary N) is 1. The number of hydrogen-bond donors (Lipinski definition) is 1. The number of anilines is 1. The van der Waals surface area contributed by atoms with Crippen molar-refractivity contribution >= 4 is 28.9 Å². The molecule has 1 nitrogen and oxygen atoms in total. The Kier molecular flexibility index (Phi) is 4.10. The quantitative estimate of drug-likeness (QED) is 0.831. The number of rotatable bonds is 3. The minimum atomic E-state index is -0.316. The third-order valence-electron chi connectivity index (χ3n) is 2.65. The molecule has 2 rings (SSSR count). The minimum absolute atomic E-state index is 0.316. The van der Waals surface area contributed by atoms with E-state index in [9.17, 15) is 4.39 Å². The molecule has 0 spiro atoms. The molecule has 0 unspecified atom stereocenters. The van der Waals surface area contributed by atoms with Crippen molar-refractivity contribution in [1.82, 2.24) is 0 Å². The Balaban J connectivity index is 2.11. The van der Waals surface area contributed by atoms with Crippen LogP contribution in [0.5, 0.6) is 0 Å². The molecule has 0 atom stereocenters. The van der Waals surface area contributed by atoms with Gasteiger partial charge < -0.3 is 5.32 Å². The van der Waals surface area contributed by atoms with E-state index < -0.39 is 0 Å². The monoisotopic (exact) mass is 283 g/mol. The molecule has 0 aliphatic carbocycles. The number of hydrogen-bond acceptors (Lipinski definition) is 1. The zero-order valence-corrected chi connectivity index (χ0v) is 11.3. The summed E-state index contributed by atoms with van der Waals surface area (Å²) in [7, 11) is 0. The van der Waals surface area contributed by atoms with Gasteiger partial charge >= 0.3 is 0 Å². The highest BCUT2D eigenvalue weighted by Gasteiger charge is 2.03. The third kappa shape index (κ3) is 3.15. The molecule has 2 aromatic rings. The lowest BCUT2D eigenvalue weighted by atomic mass is 10.1. The van der Waals surface area contributed by atoms with E-state index in [0.29, 0.717) is 17.3 Å². The van der Waals surface area contributed by atoms with Crippen LogP contribution < -0.4 is 5.32 Å². The van der Waals surface area contributed by atoms with Crippen molar-refractivity contribution in [1.29, 1.82) is 0 Å². The molecule has 0 bridgehead atoms. The highest BCUT2D eigenvalue weighted by atomic mass is 35.5. The summed E-state index contributed by atoms with van der Waals surface area (Å²) in [5.41, 5.74) is 2.63. The van der Waals surface area contributed by atoms with Crippen LogP contribution in [0.2, 0.25) is 10.0 Å². The molecule has 2 aromatic carbocycles. The Morgan fingerprint density at radius 2 is 1.83 bits per heavy atom. The molecule has 1 N–H and O–H groups in total. The van der Waals surface area contributed by atoms with Gasteiger partial charge in [-0.25, -0.2) is 4.39 Å². The lowest BCUT2D eigenvalue weighted by Crippen LogP contribution is -2.00. The third-order valence-corrected chi connectivity index (χ3v) is 3.38. The molecule has 0 amide bonds. The molecule has 0 saturated heterocycles. The number of halogens is 3. The molecule has 94 valence electrons. The molecular weight excluding hydrogens is 272 g/mol. The van der Waals surface area contributed by atoms with E-state index in [1.165, 1.54) is 18.2 Å². The fraction of sp³-hybridized carbons (Fsp3) is 0.143. The molecule has 0 aliphatic rings. The van der Waals surface area contributed by atoms with Gasteiger partial charge in [-0.3, -0.25) is 0 Å². The van der Waals surface area contributed by atoms with Crippen LogP contribution in [0, 0.1) is 12.7 Å². The fourth-order valence-electron chi connectivity index (χ4n) is 1.58. The van der Waals surface area contributed by atoms with Gasteiger partial charge in [0.1, 0.15) is 5.82 Å². The van der Waals surface area contributed by atoms with Gasteiger partial charge in [-0.2, -0.15) is 0 Å². The molecule has 0 fully saturated rings. The summed E-state index contributed by atoms with van der Waals surface area (Å²) in [4.78, 5) is 0. The van der Waals surface area contributed by atoms with Gasteiger partial charge in [-0.05, 0) is 42.3 Å². The smallest absolute Gasteiger partial charge is 0.125 e. The van der Waals surface area contributed by atoms with Crippen LogP contribution in [-0.4, -0.2) is 0 Å². The van der Waals surface area contributed by atoms with E-state index in [1.807, 2.05) is 25.1 Å². The largest absolute Gasteiger partial charge is 0.380 e. The van der Waals surface area contributed by atoms with Gasteiger partial charge in [0.25, 0.3) is 0 Å². The molecule has 18 heavy (non-hydrogen) atoms. The second-order valence-electron chi connectivity index (χ2n) is 4.06. The van der Waals surface area contributed by atoms with Crippen LogP contribution in [0.25, 0.3) is 0 Å². The lowest BCUT2D eigenvalue weighted by Gasteiger charge is -2.09. The van der Waals surface area contributed by atoms with E-state index in [0.717, 1.165) is 16.1 Å². The maximum absolute atomic E-state index is 13.1. The van der Waals surface area contributed by atoms with E-state index in [2.05, 4.69) is 5.32 Å². The first-order valence-electron chi connectivity index (χ1n) is 5.50. The fourth-order valence-corrected chi connectivity index (χ4v) is 1.96. The SMILES string of the molecule is Cc1ccc(CNc2cc(F)ccc2Cl)cc1Cl. The first-order chi connectivity index (χ1) is 8.56. The van der Waals surface area contributed by atoms with Crippen molar-refractivity contribution in [3.63, 3.8) is 0 Å². The summed E-state index contributed by atoms with van der Waals surface area (Å²) < 4.78 is 13.1. The average Bonchev–Trinajstić information content (AvgIpc) is 2.34. The zero-order valence-electron chi connectivity index (χ0n) is 9.81. The van der Waals surface area contributed by atoms with Gasteiger partial charge in [-0.1, -0.05) is 35.3 Å². The van der Waals surface area contributed by atoms with Gasteiger partial charge in [0, 0.05) is 11.6 Å². The van der Waals surface area contributed by atoms with Crippen LogP contribution in [-0.2, 0) is 6.54 Å². The summed E-state index contributed by atoms with van der Waals surface area (Å²) in [6.45, 7) is 2.49. The normalized spacial score (nSPS) is 10.4. The Hall–Kier alpha value is -1.25. The summed E-state index contributed by atoms with van der Waals surface area (Å²) in [6.07, 6.45) is 0. The van der Waals surface area contributed by atoms with Crippen LogP contribution in [0.4, 0.5) is 10.1 Å². The van der Waals surface area contributed by atoms with Crippen molar-refractivity contribution in [2.45, 2.75) is 13.5 Å².